The molecule has 212 valence electrons. The molecule has 0 atom stereocenters. The zero-order valence-electron chi connectivity index (χ0n) is 23.4. The molecule has 13 heteroatoms. The third-order valence-corrected chi connectivity index (χ3v) is 11.1. The number of hydrogen-bond acceptors (Lipinski definition) is 10. The minimum absolute atomic E-state index is 0.284. The monoisotopic (exact) mass is 660 g/mol. The number of aromatic nitrogens is 4. The lowest BCUT2D eigenvalue weighted by atomic mass is 10.0. The van der Waals surface area contributed by atoms with Crippen LogP contribution in [0.25, 0.3) is 10.2 Å². The molecule has 9 nitrogen and oxygen atoms in total. The third-order valence-electron chi connectivity index (χ3n) is 6.64. The Morgan fingerprint density at radius 1 is 1.20 bits per heavy atom. The number of thiazole rings is 2. The van der Waals surface area contributed by atoms with Crippen molar-refractivity contribution in [1.29, 1.82) is 0 Å². The van der Waals surface area contributed by atoms with Crippen LogP contribution < -0.4 is 9.70 Å². The molecule has 1 aliphatic rings. The topological polar surface area (TPSA) is 94.7 Å². The molecule has 0 N–H and O–H groups in total. The van der Waals surface area contributed by atoms with Crippen LogP contribution in [0.3, 0.4) is 0 Å². The molecule has 0 fully saturated rings. The predicted octanol–water partition coefficient (Wildman–Crippen LogP) is 6.83. The highest BCUT2D eigenvalue weighted by atomic mass is 79.9. The number of para-hydroxylation sites is 1. The van der Waals surface area contributed by atoms with E-state index in [1.807, 2.05) is 17.0 Å². The summed E-state index contributed by atoms with van der Waals surface area (Å²) in [4.78, 5) is 24.8. The van der Waals surface area contributed by atoms with E-state index in [-0.39, 0.29) is 5.69 Å². The smallest absolute Gasteiger partial charge is 0.359 e. The summed E-state index contributed by atoms with van der Waals surface area (Å²) >= 11 is 6.50. The van der Waals surface area contributed by atoms with Gasteiger partial charge in [-0.25, -0.2) is 9.78 Å². The minimum atomic E-state index is -1.18. The van der Waals surface area contributed by atoms with Crippen molar-refractivity contribution in [3.63, 3.8) is 0 Å². The minimum Gasteiger partial charge on any atom is -0.461 e. The first kappa shape index (κ1) is 29.1. The van der Waals surface area contributed by atoms with Crippen molar-refractivity contribution >= 4 is 79.6 Å². The van der Waals surface area contributed by atoms with Gasteiger partial charge in [0.15, 0.2) is 27.3 Å². The van der Waals surface area contributed by atoms with Crippen molar-refractivity contribution in [2.24, 2.45) is 4.99 Å². The van der Waals surface area contributed by atoms with Crippen molar-refractivity contribution in [2.75, 3.05) is 24.7 Å². The maximum absolute atomic E-state index is 12.3. The highest BCUT2D eigenvalue weighted by molar-refractivity contribution is 9.11. The van der Waals surface area contributed by atoms with Crippen LogP contribution in [0.2, 0.25) is 25.7 Å². The second kappa shape index (κ2) is 12.2. The highest BCUT2D eigenvalue weighted by Gasteiger charge is 2.28. The number of anilines is 2. The predicted molar refractivity (Wildman–Crippen MR) is 167 cm³/mol. The number of benzene rings is 1. The average molecular weight is 662 g/mol. The van der Waals surface area contributed by atoms with Gasteiger partial charge in [0.25, 0.3) is 0 Å². The molecule has 0 aliphatic carbocycles. The van der Waals surface area contributed by atoms with Gasteiger partial charge in [-0.15, -0.1) is 10.2 Å². The van der Waals surface area contributed by atoms with Crippen LogP contribution in [0.5, 0.6) is 0 Å². The standard InChI is InChI=1S/C27H33BrN6O3S2Si/c1-6-37-25(35)21-22(28)39-26(29-21)33-13-9-10-18-17(2)23(31-32-24(18)33)30-27-34(16-36-14-15-40(3,4)5)19-11-7-8-12-20(19)38-27/h7-8,11-12H,6,9-10,13-16H2,1-5H3/b30-27-. The first-order valence-corrected chi connectivity index (χ1v) is 19.5. The molecule has 0 amide bonds. The normalized spacial score (nSPS) is 14.2. The lowest BCUT2D eigenvalue weighted by molar-refractivity contribution is 0.0519. The summed E-state index contributed by atoms with van der Waals surface area (Å²) in [5, 5.41) is 9.88. The third kappa shape index (κ3) is 6.23. The van der Waals surface area contributed by atoms with E-state index in [0.29, 0.717) is 28.1 Å². The van der Waals surface area contributed by atoms with E-state index in [9.17, 15) is 4.79 Å². The summed E-state index contributed by atoms with van der Waals surface area (Å²) in [6, 6.07) is 9.41. The van der Waals surface area contributed by atoms with Crippen LogP contribution in [0.4, 0.5) is 16.8 Å². The second-order valence-electron chi connectivity index (χ2n) is 10.8. The van der Waals surface area contributed by atoms with Gasteiger partial charge in [0.05, 0.1) is 16.8 Å². The Balaban J connectivity index is 1.48. The SMILES string of the molecule is CCOC(=O)c1nc(N2CCCc3c2nnc(/N=c2\sc4ccccc4n2COCC[Si](C)(C)C)c3C)sc1Br. The summed E-state index contributed by atoms with van der Waals surface area (Å²) in [7, 11) is -1.18. The van der Waals surface area contributed by atoms with E-state index in [1.54, 1.807) is 18.3 Å². The van der Waals surface area contributed by atoms with E-state index in [0.717, 1.165) is 64.0 Å². The number of rotatable bonds is 9. The number of carbonyl (C=O) groups is 1. The van der Waals surface area contributed by atoms with Gasteiger partial charge in [-0.2, -0.15) is 4.99 Å². The van der Waals surface area contributed by atoms with Gasteiger partial charge in [0.2, 0.25) is 0 Å². The maximum atomic E-state index is 12.3. The van der Waals surface area contributed by atoms with Crippen molar-refractivity contribution in [2.45, 2.75) is 59.1 Å². The summed E-state index contributed by atoms with van der Waals surface area (Å²) in [6.45, 7) is 13.1. The van der Waals surface area contributed by atoms with Crippen LogP contribution in [-0.4, -0.2) is 53.6 Å². The summed E-state index contributed by atoms with van der Waals surface area (Å²) in [5.41, 5.74) is 3.48. The highest BCUT2D eigenvalue weighted by Crippen LogP contribution is 2.39. The molecule has 0 saturated heterocycles. The molecule has 5 rings (SSSR count). The number of ether oxygens (including phenoxy) is 2. The number of fused-ring (bicyclic) bond motifs is 2. The zero-order valence-corrected chi connectivity index (χ0v) is 27.6. The first-order valence-electron chi connectivity index (χ1n) is 13.3. The van der Waals surface area contributed by atoms with Gasteiger partial charge in [0.1, 0.15) is 10.5 Å². The summed E-state index contributed by atoms with van der Waals surface area (Å²) < 4.78 is 15.2. The lowest BCUT2D eigenvalue weighted by Gasteiger charge is -2.28. The fraction of sp³-hybridized carbons (Fsp3) is 0.444. The number of esters is 1. The van der Waals surface area contributed by atoms with E-state index < -0.39 is 14.0 Å². The van der Waals surface area contributed by atoms with Gasteiger partial charge in [-0.05, 0) is 60.8 Å². The van der Waals surface area contributed by atoms with Gasteiger partial charge in [-0.3, -0.25) is 4.57 Å². The van der Waals surface area contributed by atoms with Crippen molar-refractivity contribution < 1.29 is 14.3 Å². The number of halogens is 1. The van der Waals surface area contributed by atoms with Crippen LogP contribution in [0.15, 0.2) is 33.0 Å². The lowest BCUT2D eigenvalue weighted by Crippen LogP contribution is -2.27. The van der Waals surface area contributed by atoms with E-state index in [2.05, 4.69) is 74.4 Å². The van der Waals surface area contributed by atoms with Crippen LogP contribution in [-0.2, 0) is 22.6 Å². The quantitative estimate of drug-likeness (QED) is 0.110. The van der Waals surface area contributed by atoms with Gasteiger partial charge in [-0.1, -0.05) is 54.4 Å². The largest absolute Gasteiger partial charge is 0.461 e. The fourth-order valence-corrected chi connectivity index (χ4v) is 7.72. The molecule has 4 heterocycles. The van der Waals surface area contributed by atoms with E-state index in [4.69, 9.17) is 14.5 Å². The van der Waals surface area contributed by atoms with Crippen molar-refractivity contribution in [3.8, 4) is 0 Å². The Kier molecular flexibility index (Phi) is 8.85. The Bertz CT molecular complexity index is 1610. The molecule has 40 heavy (non-hydrogen) atoms. The molecule has 0 unspecified atom stereocenters. The molecule has 0 bridgehead atoms. The van der Waals surface area contributed by atoms with Gasteiger partial charge < -0.3 is 14.4 Å². The zero-order chi connectivity index (χ0) is 28.4. The second-order valence-corrected chi connectivity index (χ2v) is 19.7. The molecule has 0 spiro atoms. The molecular weight excluding hydrogens is 628 g/mol. The van der Waals surface area contributed by atoms with Crippen molar-refractivity contribution in [1.82, 2.24) is 19.7 Å². The molecular formula is C27H33BrN6O3S2Si. The Labute approximate surface area is 251 Å². The summed E-state index contributed by atoms with van der Waals surface area (Å²) in [5.74, 6) is 0.931. The number of nitrogens with zero attached hydrogens (tertiary/aromatic N) is 6. The Hall–Kier alpha value is -2.45. The molecule has 0 radical (unpaired) electrons. The Morgan fingerprint density at radius 3 is 2.77 bits per heavy atom. The maximum Gasteiger partial charge on any atom is 0.359 e. The molecule has 0 saturated carbocycles. The molecule has 4 aromatic rings. The number of carbonyl (C=O) groups excluding carboxylic acids is 1. The van der Waals surface area contributed by atoms with Crippen molar-refractivity contribution in [3.05, 3.63) is 49.7 Å². The van der Waals surface area contributed by atoms with Crippen LogP contribution in [0, 0.1) is 6.92 Å². The molecule has 3 aromatic heterocycles. The van der Waals surface area contributed by atoms with Gasteiger partial charge >= 0.3 is 5.97 Å². The molecule has 1 aromatic carbocycles. The van der Waals surface area contributed by atoms with E-state index >= 15 is 0 Å². The van der Waals surface area contributed by atoms with Gasteiger partial charge in [0, 0.05) is 32.4 Å². The van der Waals surface area contributed by atoms with Crippen LogP contribution in [0.1, 0.15) is 35.0 Å². The average Bonchev–Trinajstić information content (AvgIpc) is 3.47. The van der Waals surface area contributed by atoms with E-state index in [1.165, 1.54) is 11.3 Å². The number of hydrogen-bond donors (Lipinski definition) is 0. The summed E-state index contributed by atoms with van der Waals surface area (Å²) in [6.07, 6.45) is 1.80. The van der Waals surface area contributed by atoms with Crippen LogP contribution >= 0.6 is 38.6 Å². The first-order chi connectivity index (χ1) is 19.2. The molecule has 1 aliphatic heterocycles. The fourth-order valence-electron chi connectivity index (χ4n) is 4.45. The Morgan fingerprint density at radius 2 is 2.00 bits per heavy atom.